The van der Waals surface area contributed by atoms with E-state index in [0.29, 0.717) is 31.1 Å². The number of hydrogen-bond donors (Lipinski definition) is 1. The minimum Gasteiger partial charge on any atom is -0.497 e. The topological polar surface area (TPSA) is 68.2 Å². The molecule has 0 aliphatic carbocycles. The van der Waals surface area contributed by atoms with Crippen LogP contribution in [-0.2, 0) is 4.79 Å². The normalized spacial score (nSPS) is 17.7. The Bertz CT molecular complexity index is 821. The van der Waals surface area contributed by atoms with Gasteiger partial charge in [-0.15, -0.1) is 0 Å². The molecule has 1 aliphatic rings. The molecule has 6 nitrogen and oxygen atoms in total. The zero-order valence-corrected chi connectivity index (χ0v) is 17.3. The summed E-state index contributed by atoms with van der Waals surface area (Å²) in [5.41, 5.74) is 2.00. The Labute approximate surface area is 172 Å². The van der Waals surface area contributed by atoms with Gasteiger partial charge in [0.15, 0.2) is 11.5 Å². The van der Waals surface area contributed by atoms with E-state index >= 15 is 0 Å². The van der Waals surface area contributed by atoms with E-state index in [9.17, 15) is 9.90 Å². The van der Waals surface area contributed by atoms with Crippen molar-refractivity contribution in [2.75, 3.05) is 26.9 Å². The van der Waals surface area contributed by atoms with Crippen LogP contribution < -0.4 is 14.2 Å². The molecule has 2 aromatic rings. The van der Waals surface area contributed by atoms with Crippen molar-refractivity contribution >= 4 is 5.97 Å². The zero-order chi connectivity index (χ0) is 20.8. The van der Waals surface area contributed by atoms with Crippen LogP contribution in [0.5, 0.6) is 17.2 Å². The molecule has 3 rings (SSSR count). The van der Waals surface area contributed by atoms with E-state index in [2.05, 4.69) is 4.90 Å². The summed E-state index contributed by atoms with van der Waals surface area (Å²) in [6.07, 6.45) is 1.51. The molecule has 1 saturated heterocycles. The molecule has 0 spiro atoms. The monoisotopic (exact) mass is 399 g/mol. The number of likely N-dealkylation sites (tertiary alicyclic amines) is 1. The maximum atomic E-state index is 11.9. The van der Waals surface area contributed by atoms with E-state index in [0.717, 1.165) is 29.8 Å². The number of aliphatic carboxylic acids is 1. The Morgan fingerprint density at radius 3 is 2.34 bits per heavy atom. The van der Waals surface area contributed by atoms with Crippen LogP contribution in [0.2, 0.25) is 0 Å². The Morgan fingerprint density at radius 2 is 1.72 bits per heavy atom. The summed E-state index contributed by atoms with van der Waals surface area (Å²) in [6, 6.07) is 13.0. The number of hydrogen-bond acceptors (Lipinski definition) is 5. The number of carbonyl (C=O) groups is 1. The first kappa shape index (κ1) is 21.0. The summed E-state index contributed by atoms with van der Waals surface area (Å²) in [5.74, 6) is 1.36. The van der Waals surface area contributed by atoms with E-state index in [1.807, 2.05) is 56.3 Å². The lowest BCUT2D eigenvalue weighted by Crippen LogP contribution is -2.39. The van der Waals surface area contributed by atoms with Crippen molar-refractivity contribution < 1.29 is 24.1 Å². The molecule has 1 N–H and O–H groups in total. The molecule has 29 heavy (non-hydrogen) atoms. The Hall–Kier alpha value is -2.73. The van der Waals surface area contributed by atoms with Gasteiger partial charge in [0.1, 0.15) is 11.8 Å². The Morgan fingerprint density at radius 1 is 1.07 bits per heavy atom. The molecule has 156 valence electrons. The molecule has 0 amide bonds. The third-order valence-electron chi connectivity index (χ3n) is 5.23. The number of carboxylic acid groups (broad SMARTS) is 1. The first-order chi connectivity index (χ1) is 14.1. The van der Waals surface area contributed by atoms with Crippen LogP contribution in [0.3, 0.4) is 0 Å². The molecule has 0 radical (unpaired) electrons. The molecule has 2 aromatic carbocycles. The van der Waals surface area contributed by atoms with Gasteiger partial charge in [-0.25, -0.2) is 0 Å². The van der Waals surface area contributed by atoms with Crippen LogP contribution in [0.4, 0.5) is 0 Å². The highest BCUT2D eigenvalue weighted by atomic mass is 16.5. The van der Waals surface area contributed by atoms with Crippen molar-refractivity contribution in [2.24, 2.45) is 0 Å². The predicted octanol–water partition coefficient (Wildman–Crippen LogP) is 4.13. The van der Waals surface area contributed by atoms with Crippen LogP contribution in [0.25, 0.3) is 0 Å². The molecule has 1 aliphatic heterocycles. The van der Waals surface area contributed by atoms with Gasteiger partial charge in [-0.1, -0.05) is 18.2 Å². The summed E-state index contributed by atoms with van der Waals surface area (Å²) in [4.78, 5) is 13.9. The lowest BCUT2D eigenvalue weighted by atomic mass is 9.95. The van der Waals surface area contributed by atoms with E-state index < -0.39 is 12.0 Å². The largest absolute Gasteiger partial charge is 0.497 e. The number of nitrogens with zero attached hydrogens (tertiary/aromatic N) is 1. The smallest absolute Gasteiger partial charge is 0.320 e. The molecular formula is C23H29NO5. The molecule has 2 unspecified atom stereocenters. The zero-order valence-electron chi connectivity index (χ0n) is 17.3. The molecule has 2 atom stereocenters. The average molecular weight is 399 g/mol. The van der Waals surface area contributed by atoms with Crippen LogP contribution in [-0.4, -0.2) is 48.9 Å². The minimum absolute atomic E-state index is 0.195. The second-order valence-corrected chi connectivity index (χ2v) is 6.98. The van der Waals surface area contributed by atoms with Crippen molar-refractivity contribution in [3.05, 3.63) is 53.6 Å². The summed E-state index contributed by atoms with van der Waals surface area (Å²) in [7, 11) is 1.63. The first-order valence-corrected chi connectivity index (χ1v) is 10.1. The Kier molecular flexibility index (Phi) is 6.99. The molecular weight excluding hydrogens is 370 g/mol. The van der Waals surface area contributed by atoms with Crippen molar-refractivity contribution in [1.29, 1.82) is 0 Å². The first-order valence-electron chi connectivity index (χ1n) is 10.1. The fraction of sp³-hybridized carbons (Fsp3) is 0.435. The molecule has 1 heterocycles. The van der Waals surface area contributed by atoms with Crippen LogP contribution in [0.15, 0.2) is 42.5 Å². The van der Waals surface area contributed by atoms with Gasteiger partial charge in [0, 0.05) is 6.54 Å². The van der Waals surface area contributed by atoms with Crippen molar-refractivity contribution in [2.45, 2.75) is 38.8 Å². The van der Waals surface area contributed by atoms with Gasteiger partial charge >= 0.3 is 5.97 Å². The average Bonchev–Trinajstić information content (AvgIpc) is 3.20. The number of rotatable bonds is 9. The minimum atomic E-state index is -0.781. The second-order valence-electron chi connectivity index (χ2n) is 6.98. The number of benzene rings is 2. The summed E-state index contributed by atoms with van der Waals surface area (Å²) < 4.78 is 16.8. The van der Waals surface area contributed by atoms with Gasteiger partial charge in [-0.2, -0.15) is 0 Å². The fourth-order valence-electron chi connectivity index (χ4n) is 3.96. The number of methoxy groups -OCH3 is 1. The van der Waals surface area contributed by atoms with Gasteiger partial charge in [0.05, 0.1) is 26.4 Å². The fourth-order valence-corrected chi connectivity index (χ4v) is 3.96. The molecule has 6 heteroatoms. The SMILES string of the molecule is CCOc1ccc(C(c2ccc(OC)cc2)N2CCCC2C(=O)O)cc1OCC. The molecule has 0 aromatic heterocycles. The maximum Gasteiger partial charge on any atom is 0.320 e. The third-order valence-corrected chi connectivity index (χ3v) is 5.23. The van der Waals surface area contributed by atoms with Gasteiger partial charge in [-0.05, 0) is 62.1 Å². The lowest BCUT2D eigenvalue weighted by molar-refractivity contribution is -0.142. The molecule has 0 saturated carbocycles. The van der Waals surface area contributed by atoms with Crippen LogP contribution >= 0.6 is 0 Å². The van der Waals surface area contributed by atoms with Gasteiger partial charge < -0.3 is 19.3 Å². The van der Waals surface area contributed by atoms with Crippen molar-refractivity contribution in [3.63, 3.8) is 0 Å². The van der Waals surface area contributed by atoms with Crippen LogP contribution in [0.1, 0.15) is 43.9 Å². The van der Waals surface area contributed by atoms with Gasteiger partial charge in [-0.3, -0.25) is 9.69 Å². The van der Waals surface area contributed by atoms with Crippen molar-refractivity contribution in [3.8, 4) is 17.2 Å². The van der Waals surface area contributed by atoms with E-state index in [1.54, 1.807) is 7.11 Å². The van der Waals surface area contributed by atoms with Gasteiger partial charge in [0.2, 0.25) is 0 Å². The molecule has 1 fully saturated rings. The third kappa shape index (κ3) is 4.65. The number of carboxylic acids is 1. The second kappa shape index (κ2) is 9.65. The quantitative estimate of drug-likeness (QED) is 0.684. The van der Waals surface area contributed by atoms with Gasteiger partial charge in [0.25, 0.3) is 0 Å². The summed E-state index contributed by atoms with van der Waals surface area (Å²) in [6.45, 7) is 5.67. The van der Waals surface area contributed by atoms with E-state index in [4.69, 9.17) is 14.2 Å². The van der Waals surface area contributed by atoms with Crippen molar-refractivity contribution in [1.82, 2.24) is 4.90 Å². The maximum absolute atomic E-state index is 11.9. The molecule has 0 bridgehead atoms. The van der Waals surface area contributed by atoms with E-state index in [-0.39, 0.29) is 6.04 Å². The lowest BCUT2D eigenvalue weighted by Gasteiger charge is -2.32. The highest BCUT2D eigenvalue weighted by Crippen LogP contribution is 2.39. The van der Waals surface area contributed by atoms with Crippen LogP contribution in [0, 0.1) is 0 Å². The number of ether oxygens (including phenoxy) is 3. The Balaban J connectivity index is 2.06. The highest BCUT2D eigenvalue weighted by Gasteiger charge is 2.37. The summed E-state index contributed by atoms with van der Waals surface area (Å²) >= 11 is 0. The predicted molar refractivity (Wildman–Crippen MR) is 111 cm³/mol. The summed E-state index contributed by atoms with van der Waals surface area (Å²) in [5, 5.41) is 9.76. The highest BCUT2D eigenvalue weighted by molar-refractivity contribution is 5.74. The van der Waals surface area contributed by atoms with E-state index in [1.165, 1.54) is 0 Å². The standard InChI is InChI=1S/C23H29NO5/c1-4-28-20-13-10-17(15-21(20)29-5-2)22(16-8-11-18(27-3)12-9-16)24-14-6-7-19(24)23(25)26/h8-13,15,19,22H,4-7,14H2,1-3H3,(H,25,26).